The molecule has 1 aromatic carbocycles. The molecule has 0 bridgehead atoms. The third-order valence-corrected chi connectivity index (χ3v) is 2.70. The Morgan fingerprint density at radius 3 is 2.54 bits per heavy atom. The first kappa shape index (κ1) is 10.7. The number of methoxy groups -OCH3 is 1. The third-order valence-electron chi connectivity index (χ3n) is 1.51. The highest BCUT2D eigenvalue weighted by Gasteiger charge is 2.15. The van der Waals surface area contributed by atoms with Gasteiger partial charge in [-0.3, -0.25) is 0 Å². The summed E-state index contributed by atoms with van der Waals surface area (Å²) in [5.74, 6) is 0.131. The molecule has 0 aliphatic carbocycles. The van der Waals surface area contributed by atoms with Crippen LogP contribution in [0.25, 0.3) is 0 Å². The second kappa shape index (κ2) is 4.24. The summed E-state index contributed by atoms with van der Waals surface area (Å²) < 4.78 is 30.1. The molecule has 0 saturated heterocycles. The van der Waals surface area contributed by atoms with Crippen molar-refractivity contribution in [1.29, 1.82) is 0 Å². The molecule has 0 saturated carbocycles. The molecule has 0 N–H and O–H groups in total. The molecule has 0 fully saturated rings. The van der Waals surface area contributed by atoms with Crippen LogP contribution in [0.2, 0.25) is 5.02 Å². The van der Waals surface area contributed by atoms with E-state index in [0.717, 1.165) is 0 Å². The Morgan fingerprint density at radius 2 is 2.08 bits per heavy atom. The number of hydrogen-bond donors (Lipinski definition) is 0. The number of rotatable bonds is 2. The predicted molar refractivity (Wildman–Crippen MR) is 50.7 cm³/mol. The first-order valence-corrected chi connectivity index (χ1v) is 4.54. The van der Waals surface area contributed by atoms with E-state index in [2.05, 4.69) is 15.9 Å². The summed E-state index contributed by atoms with van der Waals surface area (Å²) in [5, 5.41) is 0.246. The first-order chi connectivity index (χ1) is 6.06. The maximum absolute atomic E-state index is 12.4. The van der Waals surface area contributed by atoms with Crippen LogP contribution in [-0.4, -0.2) is 7.11 Å². The maximum Gasteiger partial charge on any atom is 0.267 e. The van der Waals surface area contributed by atoms with Crippen LogP contribution in [0.4, 0.5) is 8.78 Å². The fourth-order valence-electron chi connectivity index (χ4n) is 0.891. The minimum atomic E-state index is -2.58. The molecular weight excluding hydrogens is 265 g/mol. The minimum Gasteiger partial charge on any atom is -0.496 e. The van der Waals surface area contributed by atoms with Crippen LogP contribution >= 0.6 is 27.5 Å². The van der Waals surface area contributed by atoms with Crippen molar-refractivity contribution in [2.24, 2.45) is 0 Å². The molecule has 0 amide bonds. The van der Waals surface area contributed by atoms with Crippen molar-refractivity contribution in [3.8, 4) is 5.75 Å². The highest BCUT2D eigenvalue weighted by atomic mass is 79.9. The van der Waals surface area contributed by atoms with Crippen LogP contribution in [0.15, 0.2) is 16.6 Å². The fraction of sp³-hybridized carbons (Fsp3) is 0.250. The number of alkyl halides is 2. The van der Waals surface area contributed by atoms with Crippen molar-refractivity contribution >= 4 is 27.5 Å². The average molecular weight is 271 g/mol. The Kier molecular flexibility index (Phi) is 3.50. The molecule has 0 radical (unpaired) electrons. The summed E-state index contributed by atoms with van der Waals surface area (Å²) >= 11 is 8.76. The van der Waals surface area contributed by atoms with Crippen molar-refractivity contribution in [2.45, 2.75) is 6.43 Å². The maximum atomic E-state index is 12.4. The van der Waals surface area contributed by atoms with E-state index < -0.39 is 6.43 Å². The number of hydrogen-bond acceptors (Lipinski definition) is 1. The van der Waals surface area contributed by atoms with Crippen molar-refractivity contribution in [3.63, 3.8) is 0 Å². The summed E-state index contributed by atoms with van der Waals surface area (Å²) in [6, 6.07) is 2.61. The van der Waals surface area contributed by atoms with Crippen LogP contribution < -0.4 is 4.74 Å². The Balaban J connectivity index is 3.25. The summed E-state index contributed by atoms with van der Waals surface area (Å²) in [4.78, 5) is 0. The Labute approximate surface area is 87.8 Å². The van der Waals surface area contributed by atoms with Gasteiger partial charge in [-0.05, 0) is 28.1 Å². The molecule has 72 valence electrons. The molecule has 5 heteroatoms. The van der Waals surface area contributed by atoms with Gasteiger partial charge in [0.05, 0.1) is 17.7 Å². The lowest BCUT2D eigenvalue weighted by atomic mass is 10.2. The zero-order chi connectivity index (χ0) is 10.0. The van der Waals surface area contributed by atoms with Crippen molar-refractivity contribution in [2.75, 3.05) is 7.11 Å². The van der Waals surface area contributed by atoms with E-state index in [-0.39, 0.29) is 16.3 Å². The molecule has 13 heavy (non-hydrogen) atoms. The van der Waals surface area contributed by atoms with Gasteiger partial charge in [-0.2, -0.15) is 0 Å². The molecule has 0 aromatic heterocycles. The molecule has 0 aliphatic rings. The number of benzene rings is 1. The topological polar surface area (TPSA) is 9.23 Å². The average Bonchev–Trinajstić information content (AvgIpc) is 2.08. The number of ether oxygens (including phenoxy) is 1. The van der Waals surface area contributed by atoms with E-state index in [1.807, 2.05) is 0 Å². The SMILES string of the molecule is COc1cc(Br)c(Cl)cc1C(F)F. The zero-order valence-corrected chi connectivity index (χ0v) is 8.99. The Bertz CT molecular complexity index is 317. The fourth-order valence-corrected chi connectivity index (χ4v) is 1.39. The van der Waals surface area contributed by atoms with E-state index in [1.54, 1.807) is 0 Å². The zero-order valence-electron chi connectivity index (χ0n) is 6.65. The van der Waals surface area contributed by atoms with Crippen molar-refractivity contribution < 1.29 is 13.5 Å². The van der Waals surface area contributed by atoms with Crippen LogP contribution in [0.5, 0.6) is 5.75 Å². The lowest BCUT2D eigenvalue weighted by molar-refractivity contribution is 0.147. The highest BCUT2D eigenvalue weighted by molar-refractivity contribution is 9.10. The van der Waals surface area contributed by atoms with Crippen LogP contribution in [0, 0.1) is 0 Å². The van der Waals surface area contributed by atoms with Gasteiger partial charge in [-0.25, -0.2) is 8.78 Å². The van der Waals surface area contributed by atoms with Gasteiger partial charge in [-0.1, -0.05) is 11.6 Å². The predicted octanol–water partition coefficient (Wildman–Crippen LogP) is 4.05. The van der Waals surface area contributed by atoms with E-state index in [1.165, 1.54) is 19.2 Å². The van der Waals surface area contributed by atoms with E-state index in [4.69, 9.17) is 16.3 Å². The second-order valence-corrected chi connectivity index (χ2v) is 3.57. The largest absolute Gasteiger partial charge is 0.496 e. The molecule has 0 spiro atoms. The van der Waals surface area contributed by atoms with Gasteiger partial charge in [0.1, 0.15) is 5.75 Å². The lowest BCUT2D eigenvalue weighted by Crippen LogP contribution is -1.92. The molecule has 0 atom stereocenters. The lowest BCUT2D eigenvalue weighted by Gasteiger charge is -2.08. The standard InChI is InChI=1S/C8H6BrClF2O/c1-13-7-3-5(9)6(10)2-4(7)8(11)12/h2-3,8H,1H3. The summed E-state index contributed by atoms with van der Waals surface area (Å²) in [7, 11) is 1.33. The van der Waals surface area contributed by atoms with Gasteiger partial charge in [-0.15, -0.1) is 0 Å². The first-order valence-electron chi connectivity index (χ1n) is 3.37. The molecule has 1 rings (SSSR count). The van der Waals surface area contributed by atoms with Crippen LogP contribution in [0.1, 0.15) is 12.0 Å². The second-order valence-electron chi connectivity index (χ2n) is 2.31. The van der Waals surface area contributed by atoms with Gasteiger partial charge >= 0.3 is 0 Å². The van der Waals surface area contributed by atoms with E-state index >= 15 is 0 Å². The molecule has 0 unspecified atom stereocenters. The van der Waals surface area contributed by atoms with Crippen LogP contribution in [0.3, 0.4) is 0 Å². The molecule has 1 aromatic rings. The molecule has 1 nitrogen and oxygen atoms in total. The van der Waals surface area contributed by atoms with Crippen LogP contribution in [-0.2, 0) is 0 Å². The van der Waals surface area contributed by atoms with E-state index in [9.17, 15) is 8.78 Å². The molecule has 0 aliphatic heterocycles. The Hall–Kier alpha value is -0.350. The summed E-state index contributed by atoms with van der Waals surface area (Å²) in [5.41, 5.74) is -0.198. The normalized spacial score (nSPS) is 10.6. The van der Waals surface area contributed by atoms with Gasteiger partial charge in [0, 0.05) is 4.47 Å². The van der Waals surface area contributed by atoms with Gasteiger partial charge in [0.15, 0.2) is 0 Å². The van der Waals surface area contributed by atoms with E-state index in [0.29, 0.717) is 4.47 Å². The molecule has 0 heterocycles. The number of halogens is 4. The third kappa shape index (κ3) is 2.31. The van der Waals surface area contributed by atoms with Gasteiger partial charge < -0.3 is 4.74 Å². The molecular formula is C8H6BrClF2O. The van der Waals surface area contributed by atoms with Crippen molar-refractivity contribution in [1.82, 2.24) is 0 Å². The minimum absolute atomic E-state index is 0.131. The van der Waals surface area contributed by atoms with Gasteiger partial charge in [0.25, 0.3) is 6.43 Å². The Morgan fingerprint density at radius 1 is 1.46 bits per heavy atom. The quantitative estimate of drug-likeness (QED) is 0.788. The van der Waals surface area contributed by atoms with Crippen molar-refractivity contribution in [3.05, 3.63) is 27.2 Å². The summed E-state index contributed by atoms with van der Waals surface area (Å²) in [6.07, 6.45) is -2.58. The smallest absolute Gasteiger partial charge is 0.267 e. The summed E-state index contributed by atoms with van der Waals surface area (Å²) in [6.45, 7) is 0. The van der Waals surface area contributed by atoms with Gasteiger partial charge in [0.2, 0.25) is 0 Å². The highest BCUT2D eigenvalue weighted by Crippen LogP contribution is 2.35. The monoisotopic (exact) mass is 270 g/mol.